The van der Waals surface area contributed by atoms with Crippen molar-refractivity contribution in [3.63, 3.8) is 0 Å². The van der Waals surface area contributed by atoms with Gasteiger partial charge in [0.15, 0.2) is 0 Å². The summed E-state index contributed by atoms with van der Waals surface area (Å²) < 4.78 is 5.20. The number of hydrogen-bond donors (Lipinski definition) is 0. The Balaban J connectivity index is 3.13. The zero-order valence-corrected chi connectivity index (χ0v) is 14.1. The molecule has 0 heterocycles. The largest absolute Gasteiger partial charge is 0.466 e. The van der Waals surface area contributed by atoms with Crippen LogP contribution in [-0.2, 0) is 9.53 Å². The molecule has 2 heteroatoms. The van der Waals surface area contributed by atoms with Crippen molar-refractivity contribution in [3.05, 3.63) is 0 Å². The van der Waals surface area contributed by atoms with E-state index in [4.69, 9.17) is 4.74 Å². The highest BCUT2D eigenvalue weighted by Gasteiger charge is 2.03. The van der Waals surface area contributed by atoms with Crippen LogP contribution in [0.3, 0.4) is 0 Å². The van der Waals surface area contributed by atoms with Crippen molar-refractivity contribution in [2.45, 2.75) is 97.8 Å². The molecule has 0 aliphatic rings. The first-order valence-corrected chi connectivity index (χ1v) is 8.82. The number of rotatable bonds is 14. The number of carbonyl (C=O) groups excluding carboxylic acids is 1. The van der Waals surface area contributed by atoms with Gasteiger partial charge in [-0.3, -0.25) is 4.79 Å². The third kappa shape index (κ3) is 15.5. The molecule has 0 fully saturated rings. The van der Waals surface area contributed by atoms with Gasteiger partial charge in [0, 0.05) is 6.42 Å². The van der Waals surface area contributed by atoms with Crippen molar-refractivity contribution in [2.24, 2.45) is 5.92 Å². The highest BCUT2D eigenvalue weighted by molar-refractivity contribution is 5.69. The van der Waals surface area contributed by atoms with Crippen molar-refractivity contribution in [1.29, 1.82) is 0 Å². The molecular weight excluding hydrogens is 248 g/mol. The molecule has 0 bridgehead atoms. The van der Waals surface area contributed by atoms with Gasteiger partial charge in [0.05, 0.1) is 6.61 Å². The summed E-state index contributed by atoms with van der Waals surface area (Å²) in [5.41, 5.74) is 0. The summed E-state index contributed by atoms with van der Waals surface area (Å²) in [6, 6.07) is 0. The van der Waals surface area contributed by atoms with Crippen LogP contribution >= 0.6 is 0 Å². The van der Waals surface area contributed by atoms with E-state index in [1.54, 1.807) is 0 Å². The predicted molar refractivity (Wildman–Crippen MR) is 86.9 cm³/mol. The van der Waals surface area contributed by atoms with E-state index >= 15 is 0 Å². The van der Waals surface area contributed by atoms with Gasteiger partial charge in [0.2, 0.25) is 0 Å². The molecule has 120 valence electrons. The number of esters is 1. The molecule has 0 unspecified atom stereocenters. The number of unbranched alkanes of at least 4 members (excludes halogenated alkanes) is 9. The highest BCUT2D eigenvalue weighted by Crippen LogP contribution is 2.11. The first-order chi connectivity index (χ1) is 9.66. The molecule has 0 amide bonds. The van der Waals surface area contributed by atoms with Crippen LogP contribution in [0.15, 0.2) is 0 Å². The average molecular weight is 284 g/mol. The molecule has 0 aromatic rings. The van der Waals surface area contributed by atoms with Gasteiger partial charge in [-0.05, 0) is 18.8 Å². The monoisotopic (exact) mass is 284 g/mol. The van der Waals surface area contributed by atoms with Gasteiger partial charge in [-0.2, -0.15) is 0 Å². The van der Waals surface area contributed by atoms with Crippen molar-refractivity contribution in [3.8, 4) is 0 Å². The van der Waals surface area contributed by atoms with Gasteiger partial charge >= 0.3 is 5.97 Å². The molecule has 0 aromatic heterocycles. The second kappa shape index (κ2) is 14.9. The van der Waals surface area contributed by atoms with E-state index < -0.39 is 0 Å². The van der Waals surface area contributed by atoms with Crippen molar-refractivity contribution >= 4 is 5.97 Å². The first kappa shape index (κ1) is 19.5. The predicted octanol–water partition coefficient (Wildman–Crippen LogP) is 5.89. The Bertz CT molecular complexity index is 211. The van der Waals surface area contributed by atoms with Gasteiger partial charge in [-0.25, -0.2) is 0 Å². The smallest absolute Gasteiger partial charge is 0.305 e. The van der Waals surface area contributed by atoms with Gasteiger partial charge in [0.1, 0.15) is 0 Å². The minimum Gasteiger partial charge on any atom is -0.466 e. The summed E-state index contributed by atoms with van der Waals surface area (Å²) in [6.07, 6.45) is 14.6. The first-order valence-electron chi connectivity index (χ1n) is 8.82. The van der Waals surface area contributed by atoms with E-state index in [0.717, 1.165) is 12.8 Å². The number of carbonyl (C=O) groups is 1. The number of ether oxygens (including phenoxy) is 1. The molecule has 0 rings (SSSR count). The van der Waals surface area contributed by atoms with Gasteiger partial charge in [0.25, 0.3) is 0 Å². The van der Waals surface area contributed by atoms with Crippen LogP contribution < -0.4 is 0 Å². The molecule has 0 saturated heterocycles. The van der Waals surface area contributed by atoms with Gasteiger partial charge in [-0.1, -0.05) is 78.6 Å². The van der Waals surface area contributed by atoms with E-state index in [-0.39, 0.29) is 5.97 Å². The minimum atomic E-state index is -0.00906. The Kier molecular flexibility index (Phi) is 14.5. The molecule has 0 radical (unpaired) electrons. The Morgan fingerprint density at radius 2 is 1.35 bits per heavy atom. The maximum atomic E-state index is 11.4. The molecule has 20 heavy (non-hydrogen) atoms. The molecule has 0 aromatic carbocycles. The Morgan fingerprint density at radius 3 is 1.85 bits per heavy atom. The summed E-state index contributed by atoms with van der Waals surface area (Å²) in [6.45, 7) is 7.15. The fraction of sp³-hybridized carbons (Fsp3) is 0.944. The molecule has 0 aliphatic carbocycles. The third-order valence-corrected chi connectivity index (χ3v) is 3.69. The Labute approximate surface area is 126 Å². The lowest BCUT2D eigenvalue weighted by molar-refractivity contribution is -0.144. The van der Waals surface area contributed by atoms with E-state index in [2.05, 4.69) is 20.8 Å². The maximum absolute atomic E-state index is 11.4. The zero-order valence-electron chi connectivity index (χ0n) is 14.1. The molecule has 0 N–H and O–H groups in total. The molecule has 0 saturated carbocycles. The molecule has 0 atom stereocenters. The lowest BCUT2D eigenvalue weighted by Gasteiger charge is -2.06. The molecule has 2 nitrogen and oxygen atoms in total. The average Bonchev–Trinajstić information content (AvgIpc) is 2.40. The van der Waals surface area contributed by atoms with Crippen LogP contribution in [0.4, 0.5) is 0 Å². The molecule has 0 spiro atoms. The van der Waals surface area contributed by atoms with Crippen LogP contribution in [0.25, 0.3) is 0 Å². The van der Waals surface area contributed by atoms with Crippen LogP contribution in [0.1, 0.15) is 97.8 Å². The topological polar surface area (TPSA) is 26.3 Å². The molecular formula is C18H36O2. The second-order valence-corrected chi connectivity index (χ2v) is 6.33. The standard InChI is InChI=1S/C18H36O2/c1-4-5-6-7-8-9-10-11-12-13-14-18(19)20-16-15-17(2)3/h17H,4-16H2,1-3H3. The van der Waals surface area contributed by atoms with Crippen LogP contribution in [0, 0.1) is 5.92 Å². The maximum Gasteiger partial charge on any atom is 0.305 e. The fourth-order valence-electron chi connectivity index (χ4n) is 2.24. The number of hydrogen-bond acceptors (Lipinski definition) is 2. The van der Waals surface area contributed by atoms with Crippen molar-refractivity contribution < 1.29 is 9.53 Å². The highest BCUT2D eigenvalue weighted by atomic mass is 16.5. The van der Waals surface area contributed by atoms with Gasteiger partial charge in [-0.15, -0.1) is 0 Å². The van der Waals surface area contributed by atoms with E-state index in [1.165, 1.54) is 57.8 Å². The SMILES string of the molecule is CCCCCCCCCCCCC(=O)OCCC(C)C. The van der Waals surface area contributed by atoms with Crippen LogP contribution in [0.5, 0.6) is 0 Å². The lowest BCUT2D eigenvalue weighted by atomic mass is 10.1. The third-order valence-electron chi connectivity index (χ3n) is 3.69. The summed E-state index contributed by atoms with van der Waals surface area (Å²) in [5, 5.41) is 0. The van der Waals surface area contributed by atoms with Crippen LogP contribution in [-0.4, -0.2) is 12.6 Å². The fourth-order valence-corrected chi connectivity index (χ4v) is 2.24. The van der Waals surface area contributed by atoms with E-state index in [1.807, 2.05) is 0 Å². The lowest BCUT2D eigenvalue weighted by Crippen LogP contribution is -2.07. The molecule has 0 aliphatic heterocycles. The summed E-state index contributed by atoms with van der Waals surface area (Å²) in [5.74, 6) is 0.602. The quantitative estimate of drug-likeness (QED) is 0.294. The Morgan fingerprint density at radius 1 is 0.850 bits per heavy atom. The van der Waals surface area contributed by atoms with Crippen molar-refractivity contribution in [2.75, 3.05) is 6.61 Å². The normalized spacial score (nSPS) is 11.0. The van der Waals surface area contributed by atoms with E-state index in [9.17, 15) is 4.79 Å². The van der Waals surface area contributed by atoms with E-state index in [0.29, 0.717) is 18.9 Å². The summed E-state index contributed by atoms with van der Waals surface area (Å²) in [4.78, 5) is 11.4. The van der Waals surface area contributed by atoms with Crippen molar-refractivity contribution in [1.82, 2.24) is 0 Å². The second-order valence-electron chi connectivity index (χ2n) is 6.33. The summed E-state index contributed by atoms with van der Waals surface area (Å²) >= 11 is 0. The van der Waals surface area contributed by atoms with Gasteiger partial charge < -0.3 is 4.74 Å². The zero-order chi connectivity index (χ0) is 15.1. The Hall–Kier alpha value is -0.530. The minimum absolute atomic E-state index is 0.00906. The van der Waals surface area contributed by atoms with Crippen LogP contribution in [0.2, 0.25) is 0 Å². The summed E-state index contributed by atoms with van der Waals surface area (Å²) in [7, 11) is 0.